The van der Waals surface area contributed by atoms with Gasteiger partial charge in [0.25, 0.3) is 0 Å². The normalized spacial score (nSPS) is 13.0. The first kappa shape index (κ1) is 31.2. The topological polar surface area (TPSA) is 77.1 Å². The largest absolute Gasteiger partial charge is 0.453 e. The molecule has 5 aromatic heterocycles. The minimum atomic E-state index is 0.592. The smallest absolute Gasteiger partial charge is 0.221 e. The molecule has 9 heteroatoms. The minimum absolute atomic E-state index is 0.592. The quantitative estimate of drug-likeness (QED) is 0.173. The summed E-state index contributed by atoms with van der Waals surface area (Å²) in [6, 6.07) is 56.0. The maximum Gasteiger partial charge on any atom is 0.221 e. The van der Waals surface area contributed by atoms with Crippen LogP contribution in [0.1, 0.15) is 0 Å². The van der Waals surface area contributed by atoms with E-state index < -0.39 is 0 Å². The van der Waals surface area contributed by atoms with Crippen molar-refractivity contribution >= 4 is 94.5 Å². The highest BCUT2D eigenvalue weighted by atomic mass is 16.5. The van der Waals surface area contributed by atoms with Gasteiger partial charge >= 0.3 is 0 Å². The van der Waals surface area contributed by atoms with Crippen LogP contribution in [0.25, 0.3) is 77.5 Å². The maximum atomic E-state index is 7.02. The van der Waals surface area contributed by atoms with Crippen molar-refractivity contribution < 1.29 is 13.6 Å². The molecule has 58 heavy (non-hydrogen) atoms. The van der Waals surface area contributed by atoms with Crippen LogP contribution < -0.4 is 14.5 Å². The van der Waals surface area contributed by atoms with E-state index >= 15 is 0 Å². The van der Waals surface area contributed by atoms with E-state index in [4.69, 9.17) is 23.5 Å². The monoisotopic (exact) mass is 750 g/mol. The molecule has 0 saturated carbocycles. The van der Waals surface area contributed by atoms with Crippen LogP contribution in [0.2, 0.25) is 0 Å². The lowest BCUT2D eigenvalue weighted by Gasteiger charge is -2.22. The molecule has 274 valence electrons. The average Bonchev–Trinajstić information content (AvgIpc) is 4.09. The lowest BCUT2D eigenvalue weighted by atomic mass is 10.1. The third-order valence-corrected chi connectivity index (χ3v) is 11.4. The summed E-state index contributed by atoms with van der Waals surface area (Å²) in [4.78, 5) is 14.5. The molecule has 0 spiro atoms. The molecule has 0 atom stereocenters. The number of furan rings is 2. The zero-order valence-corrected chi connectivity index (χ0v) is 30.8. The summed E-state index contributed by atoms with van der Waals surface area (Å²) < 4.78 is 24.6. The van der Waals surface area contributed by atoms with E-state index in [2.05, 4.69) is 122 Å². The van der Waals surface area contributed by atoms with Crippen molar-refractivity contribution in [2.75, 3.05) is 16.5 Å². The molecule has 0 saturated heterocycles. The summed E-state index contributed by atoms with van der Waals surface area (Å²) in [5.41, 5.74) is 11.0. The van der Waals surface area contributed by atoms with E-state index in [1.807, 2.05) is 60.7 Å². The van der Waals surface area contributed by atoms with Gasteiger partial charge in [0.1, 0.15) is 23.8 Å². The average molecular weight is 751 g/mol. The molecule has 0 amide bonds. The zero-order valence-electron chi connectivity index (χ0n) is 30.8. The highest BCUT2D eigenvalue weighted by Gasteiger charge is 2.30. The number of benzene rings is 7. The van der Waals surface area contributed by atoms with Crippen molar-refractivity contribution in [2.24, 2.45) is 0 Å². The molecule has 0 radical (unpaired) electrons. The predicted octanol–water partition coefficient (Wildman–Crippen LogP) is 12.7. The first-order valence-electron chi connectivity index (χ1n) is 19.3. The fourth-order valence-corrected chi connectivity index (χ4v) is 8.85. The number of aromatic nitrogens is 4. The molecule has 0 unspecified atom stereocenters. The number of rotatable bonds is 5. The SMILES string of the molecule is c1ccc(N2CN(c3cc(Oc4ccc5c(c4)n(-c4ccccn4)c4nc6ccccc6n54)c4oc5c(ccc6c7ccccc7oc65)c4c3)c3ccccc32)cc1. The number of ether oxygens (including phenoxy) is 1. The molecule has 1 aliphatic rings. The molecular formula is C49H30N6O3. The Balaban J connectivity index is 1.03. The maximum absolute atomic E-state index is 7.02. The van der Waals surface area contributed by atoms with Gasteiger partial charge < -0.3 is 23.4 Å². The molecule has 0 fully saturated rings. The Hall–Kier alpha value is -8.04. The number of nitrogens with zero attached hydrogens (tertiary/aromatic N) is 6. The second-order valence-electron chi connectivity index (χ2n) is 14.7. The van der Waals surface area contributed by atoms with Gasteiger partial charge in [0.2, 0.25) is 5.78 Å². The van der Waals surface area contributed by atoms with E-state index in [-0.39, 0.29) is 0 Å². The summed E-state index contributed by atoms with van der Waals surface area (Å²) in [7, 11) is 0. The summed E-state index contributed by atoms with van der Waals surface area (Å²) in [5, 5.41) is 3.95. The van der Waals surface area contributed by atoms with Crippen LogP contribution in [0.15, 0.2) is 179 Å². The van der Waals surface area contributed by atoms with Crippen molar-refractivity contribution in [1.29, 1.82) is 0 Å². The lowest BCUT2D eigenvalue weighted by Crippen LogP contribution is -2.23. The molecule has 0 bridgehead atoms. The Labute approximate surface area is 329 Å². The zero-order chi connectivity index (χ0) is 37.9. The third kappa shape index (κ3) is 4.40. The number of imidazole rings is 2. The molecule has 9 nitrogen and oxygen atoms in total. The second kappa shape index (κ2) is 11.7. The van der Waals surface area contributed by atoms with E-state index in [1.54, 1.807) is 6.20 Å². The van der Waals surface area contributed by atoms with Crippen LogP contribution in [0, 0.1) is 0 Å². The summed E-state index contributed by atoms with van der Waals surface area (Å²) in [5.74, 6) is 2.78. The minimum Gasteiger partial charge on any atom is -0.453 e. The van der Waals surface area contributed by atoms with Gasteiger partial charge in [-0.2, -0.15) is 0 Å². The first-order chi connectivity index (χ1) is 28.7. The fraction of sp³-hybridized carbons (Fsp3) is 0.0204. The Morgan fingerprint density at radius 1 is 0.517 bits per heavy atom. The van der Waals surface area contributed by atoms with Crippen molar-refractivity contribution in [1.82, 2.24) is 18.9 Å². The number of para-hydroxylation sites is 6. The predicted molar refractivity (Wildman–Crippen MR) is 230 cm³/mol. The Kier molecular flexibility index (Phi) is 6.31. The Morgan fingerprint density at radius 2 is 1.26 bits per heavy atom. The molecule has 7 aromatic carbocycles. The number of anilines is 4. The molecule has 0 N–H and O–H groups in total. The molecule has 0 aliphatic carbocycles. The van der Waals surface area contributed by atoms with Crippen LogP contribution in [0.3, 0.4) is 0 Å². The standard InChI is InChI=1S/C49H30N6O3/c1-2-12-30(13-3-1)52-29-53(40-18-8-7-17-39(40)52)31-26-36-35-23-22-34-33-14-4-9-19-43(33)57-47(34)48(35)58-46(36)44(27-31)56-32-21-24-41-42(28-32)55(45-20-10-11-25-50-45)49-51-37-15-5-6-16-38(37)54(41)49/h1-28H,29H2. The van der Waals surface area contributed by atoms with Crippen molar-refractivity contribution in [3.63, 3.8) is 0 Å². The number of hydrogen-bond donors (Lipinski definition) is 0. The van der Waals surface area contributed by atoms with Crippen molar-refractivity contribution in [3.8, 4) is 17.3 Å². The Bertz CT molecular complexity index is 3600. The fourth-order valence-electron chi connectivity index (χ4n) is 8.85. The first-order valence-corrected chi connectivity index (χ1v) is 19.3. The summed E-state index contributed by atoms with van der Waals surface area (Å²) in [6.07, 6.45) is 1.80. The summed E-state index contributed by atoms with van der Waals surface area (Å²) in [6.45, 7) is 0.620. The van der Waals surface area contributed by atoms with E-state index in [0.717, 1.165) is 83.5 Å². The summed E-state index contributed by atoms with van der Waals surface area (Å²) >= 11 is 0. The molecule has 13 rings (SSSR count). The van der Waals surface area contributed by atoms with Gasteiger partial charge in [-0.15, -0.1) is 0 Å². The van der Waals surface area contributed by atoms with Gasteiger partial charge in [-0.3, -0.25) is 8.97 Å². The van der Waals surface area contributed by atoms with Gasteiger partial charge in [0.05, 0.1) is 33.4 Å². The molecule has 6 heterocycles. The highest BCUT2D eigenvalue weighted by Crippen LogP contribution is 2.49. The van der Waals surface area contributed by atoms with Gasteiger partial charge in [-0.25, -0.2) is 9.97 Å². The number of fused-ring (bicyclic) bond motifs is 13. The molecule has 12 aromatic rings. The van der Waals surface area contributed by atoms with Crippen LogP contribution >= 0.6 is 0 Å². The second-order valence-corrected chi connectivity index (χ2v) is 14.7. The Morgan fingerprint density at radius 3 is 2.12 bits per heavy atom. The molecule has 1 aliphatic heterocycles. The van der Waals surface area contributed by atoms with Gasteiger partial charge in [-0.1, -0.05) is 66.7 Å². The van der Waals surface area contributed by atoms with E-state index in [9.17, 15) is 0 Å². The van der Waals surface area contributed by atoms with Crippen LogP contribution in [0.4, 0.5) is 22.7 Å². The van der Waals surface area contributed by atoms with Crippen LogP contribution in [0.5, 0.6) is 11.5 Å². The van der Waals surface area contributed by atoms with Gasteiger partial charge in [0, 0.05) is 51.2 Å². The number of pyridine rings is 1. The van der Waals surface area contributed by atoms with Crippen LogP contribution in [-0.4, -0.2) is 25.6 Å². The van der Waals surface area contributed by atoms with Crippen LogP contribution in [-0.2, 0) is 0 Å². The van der Waals surface area contributed by atoms with E-state index in [1.165, 1.54) is 0 Å². The number of hydrogen-bond acceptors (Lipinski definition) is 7. The van der Waals surface area contributed by atoms with Crippen molar-refractivity contribution in [3.05, 3.63) is 170 Å². The van der Waals surface area contributed by atoms with Gasteiger partial charge in [0.15, 0.2) is 22.5 Å². The van der Waals surface area contributed by atoms with E-state index in [0.29, 0.717) is 34.9 Å². The van der Waals surface area contributed by atoms with Gasteiger partial charge in [-0.05, 0) is 84.9 Å². The lowest BCUT2D eigenvalue weighted by molar-refractivity contribution is 0.477. The highest BCUT2D eigenvalue weighted by molar-refractivity contribution is 6.20. The molecular weight excluding hydrogens is 721 g/mol. The van der Waals surface area contributed by atoms with Crippen molar-refractivity contribution in [2.45, 2.75) is 0 Å². The third-order valence-electron chi connectivity index (χ3n) is 11.4.